The van der Waals surface area contributed by atoms with Crippen LogP contribution in [-0.4, -0.2) is 48.7 Å². The third kappa shape index (κ3) is 3.59. The molecule has 0 unspecified atom stereocenters. The molecule has 1 fully saturated rings. The van der Waals surface area contributed by atoms with Gasteiger partial charge in [0.1, 0.15) is 0 Å². The van der Waals surface area contributed by atoms with Crippen LogP contribution in [0.4, 0.5) is 0 Å². The molecule has 1 heterocycles. The summed E-state index contributed by atoms with van der Waals surface area (Å²) >= 11 is 5.50. The largest absolute Gasteiger partial charge is 0.395 e. The van der Waals surface area contributed by atoms with Crippen molar-refractivity contribution in [3.63, 3.8) is 0 Å². The minimum Gasteiger partial charge on any atom is -0.395 e. The van der Waals surface area contributed by atoms with Crippen molar-refractivity contribution in [2.75, 3.05) is 24.8 Å². The number of nitrogens with zero attached hydrogens (tertiary/aromatic N) is 1. The van der Waals surface area contributed by atoms with Gasteiger partial charge in [-0.25, -0.2) is 8.42 Å². The molecule has 1 N–H and O–H groups in total. The Morgan fingerprint density at radius 2 is 2.13 bits per heavy atom. The van der Waals surface area contributed by atoms with Gasteiger partial charge in [-0.3, -0.25) is 0 Å². The summed E-state index contributed by atoms with van der Waals surface area (Å²) in [6, 6.07) is -0.203. The molecule has 1 atom stereocenters. The van der Waals surface area contributed by atoms with E-state index in [1.165, 1.54) is 4.31 Å². The summed E-state index contributed by atoms with van der Waals surface area (Å²) in [6.07, 6.45) is 2.93. The zero-order chi connectivity index (χ0) is 11.3. The Balaban J connectivity index is 2.52. The second-order valence-electron chi connectivity index (χ2n) is 3.80. The van der Waals surface area contributed by atoms with E-state index >= 15 is 0 Å². The van der Waals surface area contributed by atoms with Crippen molar-refractivity contribution < 1.29 is 13.5 Å². The van der Waals surface area contributed by atoms with Crippen LogP contribution < -0.4 is 0 Å². The first-order chi connectivity index (χ1) is 7.11. The van der Waals surface area contributed by atoms with E-state index in [2.05, 4.69) is 0 Å². The summed E-state index contributed by atoms with van der Waals surface area (Å²) in [5, 5.41) is 9.04. The molecule has 0 aromatic rings. The molecule has 0 spiro atoms. The second-order valence-corrected chi connectivity index (χ2v) is 6.22. The van der Waals surface area contributed by atoms with E-state index in [1.807, 2.05) is 0 Å². The van der Waals surface area contributed by atoms with Gasteiger partial charge < -0.3 is 5.11 Å². The van der Waals surface area contributed by atoms with Crippen LogP contribution in [0.3, 0.4) is 0 Å². The predicted octanol–water partition coefficient (Wildman–Crippen LogP) is 0.792. The lowest BCUT2D eigenvalue weighted by molar-refractivity contribution is 0.213. The highest BCUT2D eigenvalue weighted by Gasteiger charge is 2.32. The van der Waals surface area contributed by atoms with E-state index in [-0.39, 0.29) is 18.4 Å². The molecule has 0 saturated carbocycles. The minimum absolute atomic E-state index is 0.0747. The molecule has 90 valence electrons. The first-order valence-electron chi connectivity index (χ1n) is 5.28. The van der Waals surface area contributed by atoms with Gasteiger partial charge in [-0.05, 0) is 25.7 Å². The molecular formula is C9H18ClNO3S. The quantitative estimate of drug-likeness (QED) is 0.564. The number of unbranched alkanes of at least 4 members (excludes halogenated alkanes) is 1. The molecule has 0 aliphatic carbocycles. The van der Waals surface area contributed by atoms with Crippen LogP contribution in [0, 0.1) is 0 Å². The van der Waals surface area contributed by atoms with Crippen molar-refractivity contribution in [2.24, 2.45) is 0 Å². The lowest BCUT2D eigenvalue weighted by Gasteiger charge is -2.22. The van der Waals surface area contributed by atoms with Gasteiger partial charge in [0.05, 0.1) is 12.4 Å². The second kappa shape index (κ2) is 6.03. The monoisotopic (exact) mass is 255 g/mol. The summed E-state index contributed by atoms with van der Waals surface area (Å²) in [5.41, 5.74) is 0. The van der Waals surface area contributed by atoms with E-state index in [4.69, 9.17) is 16.7 Å². The number of halogens is 1. The highest BCUT2D eigenvalue weighted by molar-refractivity contribution is 7.89. The van der Waals surface area contributed by atoms with Gasteiger partial charge in [0.15, 0.2) is 0 Å². The molecule has 6 heteroatoms. The summed E-state index contributed by atoms with van der Waals surface area (Å²) in [4.78, 5) is 0. The molecule has 1 aliphatic rings. The lowest BCUT2D eigenvalue weighted by Crippen LogP contribution is -2.39. The Bertz CT molecular complexity index is 281. The summed E-state index contributed by atoms with van der Waals surface area (Å²) in [6.45, 7) is 0.475. The van der Waals surface area contributed by atoms with Crippen molar-refractivity contribution >= 4 is 21.6 Å². The Morgan fingerprint density at radius 1 is 1.40 bits per heavy atom. The highest BCUT2D eigenvalue weighted by Crippen LogP contribution is 2.21. The maximum atomic E-state index is 11.8. The molecule has 0 bridgehead atoms. The first kappa shape index (κ1) is 13.2. The maximum absolute atomic E-state index is 11.8. The van der Waals surface area contributed by atoms with Crippen LogP contribution in [0.25, 0.3) is 0 Å². The van der Waals surface area contributed by atoms with E-state index < -0.39 is 10.0 Å². The van der Waals surface area contributed by atoms with E-state index in [1.54, 1.807) is 0 Å². The van der Waals surface area contributed by atoms with Gasteiger partial charge in [-0.1, -0.05) is 0 Å². The van der Waals surface area contributed by atoms with Gasteiger partial charge in [-0.15, -0.1) is 11.6 Å². The normalized spacial score (nSPS) is 23.5. The Labute approximate surface area is 96.3 Å². The lowest BCUT2D eigenvalue weighted by atomic mass is 10.2. The van der Waals surface area contributed by atoms with E-state index in [9.17, 15) is 8.42 Å². The fraction of sp³-hybridized carbons (Fsp3) is 1.00. The molecule has 1 rings (SSSR count). The Kier molecular flexibility index (Phi) is 5.32. The van der Waals surface area contributed by atoms with Crippen LogP contribution in [0.2, 0.25) is 0 Å². The SMILES string of the molecule is O=S(=O)(CCCCCl)N1CCC[C@H]1CO. The maximum Gasteiger partial charge on any atom is 0.214 e. The number of hydrogen-bond donors (Lipinski definition) is 1. The molecule has 4 nitrogen and oxygen atoms in total. The van der Waals surface area contributed by atoms with E-state index in [0.29, 0.717) is 18.8 Å². The summed E-state index contributed by atoms with van der Waals surface area (Å²) < 4.78 is 25.1. The molecular weight excluding hydrogens is 238 g/mol. The smallest absolute Gasteiger partial charge is 0.214 e. The number of aliphatic hydroxyl groups is 1. The number of aliphatic hydroxyl groups excluding tert-OH is 1. The van der Waals surface area contributed by atoms with Crippen molar-refractivity contribution in [1.82, 2.24) is 4.31 Å². The minimum atomic E-state index is -3.18. The average molecular weight is 256 g/mol. The molecule has 1 aliphatic heterocycles. The first-order valence-corrected chi connectivity index (χ1v) is 7.42. The zero-order valence-corrected chi connectivity index (χ0v) is 10.3. The van der Waals surface area contributed by atoms with Crippen LogP contribution >= 0.6 is 11.6 Å². The number of alkyl halides is 1. The Morgan fingerprint density at radius 3 is 2.73 bits per heavy atom. The van der Waals surface area contributed by atoms with Crippen molar-refractivity contribution in [3.8, 4) is 0 Å². The predicted molar refractivity (Wildman–Crippen MR) is 60.6 cm³/mol. The van der Waals surface area contributed by atoms with E-state index in [0.717, 1.165) is 19.3 Å². The standard InChI is InChI=1S/C9H18ClNO3S/c10-5-1-2-7-15(13,14)11-6-3-4-9(11)8-12/h9,12H,1-8H2/t9-/m0/s1. The number of hydrogen-bond acceptors (Lipinski definition) is 3. The molecule has 0 amide bonds. The van der Waals surface area contributed by atoms with Gasteiger partial charge in [0, 0.05) is 18.5 Å². The highest BCUT2D eigenvalue weighted by atomic mass is 35.5. The van der Waals surface area contributed by atoms with Crippen LogP contribution in [-0.2, 0) is 10.0 Å². The summed E-state index contributed by atoms with van der Waals surface area (Å²) in [7, 11) is -3.18. The average Bonchev–Trinajstić information content (AvgIpc) is 2.66. The van der Waals surface area contributed by atoms with Crippen LogP contribution in [0.1, 0.15) is 25.7 Å². The van der Waals surface area contributed by atoms with Crippen molar-refractivity contribution in [3.05, 3.63) is 0 Å². The molecule has 15 heavy (non-hydrogen) atoms. The van der Waals surface area contributed by atoms with Crippen molar-refractivity contribution in [1.29, 1.82) is 0 Å². The molecule has 1 saturated heterocycles. The molecule has 0 aromatic heterocycles. The molecule has 0 radical (unpaired) electrons. The van der Waals surface area contributed by atoms with Gasteiger partial charge in [-0.2, -0.15) is 4.31 Å². The fourth-order valence-corrected chi connectivity index (χ4v) is 3.88. The van der Waals surface area contributed by atoms with Crippen molar-refractivity contribution in [2.45, 2.75) is 31.7 Å². The fourth-order valence-electron chi connectivity index (χ4n) is 1.85. The van der Waals surface area contributed by atoms with Gasteiger partial charge in [0.2, 0.25) is 10.0 Å². The number of rotatable bonds is 6. The van der Waals surface area contributed by atoms with Gasteiger partial charge in [0.25, 0.3) is 0 Å². The summed E-state index contributed by atoms with van der Waals surface area (Å²) in [5.74, 6) is 0.648. The van der Waals surface area contributed by atoms with Crippen LogP contribution in [0.15, 0.2) is 0 Å². The van der Waals surface area contributed by atoms with Gasteiger partial charge >= 0.3 is 0 Å². The third-order valence-corrected chi connectivity index (χ3v) is 4.94. The third-order valence-electron chi connectivity index (χ3n) is 2.68. The number of sulfonamides is 1. The Hall–Kier alpha value is 0.160. The van der Waals surface area contributed by atoms with Crippen LogP contribution in [0.5, 0.6) is 0 Å². The topological polar surface area (TPSA) is 57.6 Å². The molecule has 0 aromatic carbocycles. The zero-order valence-electron chi connectivity index (χ0n) is 8.73.